The highest BCUT2D eigenvalue weighted by atomic mass is 19.1. The molecule has 5 heteroatoms. The first-order valence-corrected chi connectivity index (χ1v) is 11.7. The summed E-state index contributed by atoms with van der Waals surface area (Å²) in [4.78, 5) is 15.9. The summed E-state index contributed by atoms with van der Waals surface area (Å²) in [6.07, 6.45) is 3.43. The van der Waals surface area contributed by atoms with Crippen LogP contribution in [0.25, 0.3) is 10.8 Å². The van der Waals surface area contributed by atoms with Crippen LogP contribution in [0.4, 0.5) is 4.39 Å². The molecule has 5 rings (SSSR count). The van der Waals surface area contributed by atoms with E-state index in [9.17, 15) is 9.18 Å². The van der Waals surface area contributed by atoms with Gasteiger partial charge < -0.3 is 0 Å². The maximum atomic E-state index is 13.4. The third kappa shape index (κ3) is 4.88. The molecule has 1 aromatic heterocycles. The van der Waals surface area contributed by atoms with Crippen molar-refractivity contribution in [2.24, 2.45) is 0 Å². The fourth-order valence-electron chi connectivity index (χ4n) is 4.83. The van der Waals surface area contributed by atoms with Crippen molar-refractivity contribution >= 4 is 10.8 Å². The van der Waals surface area contributed by atoms with E-state index >= 15 is 0 Å². The number of fused-ring (bicyclic) bond motifs is 1. The summed E-state index contributed by atoms with van der Waals surface area (Å²) in [5, 5.41) is 6.47. The zero-order chi connectivity index (χ0) is 22.6. The van der Waals surface area contributed by atoms with Crippen molar-refractivity contribution in [2.45, 2.75) is 38.3 Å². The summed E-state index contributed by atoms with van der Waals surface area (Å²) < 4.78 is 15.1. The standard InChI is InChI=1S/C28H28FN3O/c29-23-14-12-21(13-15-23)19-27-25-10-4-5-11-26(25)28(33)32(30-27)24-9-6-17-31(18-16-24)20-22-7-2-1-3-8-22/h1-5,7-8,10-15,24H,6,9,16-20H2. The Hall–Kier alpha value is -3.31. The van der Waals surface area contributed by atoms with Gasteiger partial charge in [0, 0.05) is 24.9 Å². The third-order valence-corrected chi connectivity index (χ3v) is 6.57. The molecule has 3 aromatic carbocycles. The molecule has 2 heterocycles. The Morgan fingerprint density at radius 3 is 2.33 bits per heavy atom. The first kappa shape index (κ1) is 21.5. The number of rotatable bonds is 5. The number of aromatic nitrogens is 2. The lowest BCUT2D eigenvalue weighted by atomic mass is 10.0. The summed E-state index contributed by atoms with van der Waals surface area (Å²) >= 11 is 0. The molecule has 1 unspecified atom stereocenters. The second-order valence-corrected chi connectivity index (χ2v) is 8.89. The number of nitrogens with zero attached hydrogens (tertiary/aromatic N) is 3. The van der Waals surface area contributed by atoms with Crippen molar-refractivity contribution in [2.75, 3.05) is 13.1 Å². The fourth-order valence-corrected chi connectivity index (χ4v) is 4.83. The van der Waals surface area contributed by atoms with Gasteiger partial charge in [0.05, 0.1) is 17.1 Å². The van der Waals surface area contributed by atoms with Crippen LogP contribution in [0.2, 0.25) is 0 Å². The van der Waals surface area contributed by atoms with Gasteiger partial charge in [-0.25, -0.2) is 9.07 Å². The van der Waals surface area contributed by atoms with Crippen molar-refractivity contribution in [3.63, 3.8) is 0 Å². The summed E-state index contributed by atoms with van der Waals surface area (Å²) in [7, 11) is 0. The van der Waals surface area contributed by atoms with Crippen LogP contribution in [0.15, 0.2) is 83.7 Å². The van der Waals surface area contributed by atoms with Crippen LogP contribution in [0.3, 0.4) is 0 Å². The Morgan fingerprint density at radius 2 is 1.55 bits per heavy atom. The van der Waals surface area contributed by atoms with Gasteiger partial charge >= 0.3 is 0 Å². The lowest BCUT2D eigenvalue weighted by Gasteiger charge is -2.21. The molecule has 33 heavy (non-hydrogen) atoms. The first-order chi connectivity index (χ1) is 16.2. The molecule has 0 aliphatic carbocycles. The van der Waals surface area contributed by atoms with Gasteiger partial charge in [-0.3, -0.25) is 9.69 Å². The average Bonchev–Trinajstić information content (AvgIpc) is 3.08. The van der Waals surface area contributed by atoms with E-state index in [0.29, 0.717) is 11.8 Å². The molecule has 1 atom stereocenters. The lowest BCUT2D eigenvalue weighted by Crippen LogP contribution is -2.30. The maximum absolute atomic E-state index is 13.4. The van der Waals surface area contributed by atoms with E-state index in [1.807, 2.05) is 30.3 Å². The van der Waals surface area contributed by atoms with Crippen molar-refractivity contribution in [3.05, 3.63) is 112 Å². The van der Waals surface area contributed by atoms with E-state index in [2.05, 4.69) is 29.2 Å². The van der Waals surface area contributed by atoms with Gasteiger partial charge in [-0.15, -0.1) is 0 Å². The van der Waals surface area contributed by atoms with Crippen LogP contribution in [0, 0.1) is 5.82 Å². The van der Waals surface area contributed by atoms with Crippen molar-refractivity contribution in [3.8, 4) is 0 Å². The van der Waals surface area contributed by atoms with Gasteiger partial charge in [-0.2, -0.15) is 5.10 Å². The highest BCUT2D eigenvalue weighted by molar-refractivity contribution is 5.83. The minimum atomic E-state index is -0.250. The van der Waals surface area contributed by atoms with Gasteiger partial charge in [0.25, 0.3) is 5.56 Å². The zero-order valence-corrected chi connectivity index (χ0v) is 18.7. The van der Waals surface area contributed by atoms with E-state index in [4.69, 9.17) is 5.10 Å². The molecule has 1 fully saturated rings. The second kappa shape index (κ2) is 9.67. The SMILES string of the molecule is O=c1c2ccccc2c(Cc2ccc(F)cc2)nn1C1CCCN(Cc2ccccc2)CC1. The maximum Gasteiger partial charge on any atom is 0.274 e. The van der Waals surface area contributed by atoms with E-state index in [1.54, 1.807) is 16.8 Å². The topological polar surface area (TPSA) is 38.1 Å². The summed E-state index contributed by atoms with van der Waals surface area (Å²) in [6, 6.07) is 24.8. The van der Waals surface area contributed by atoms with Crippen LogP contribution in [-0.2, 0) is 13.0 Å². The molecule has 4 aromatic rings. The molecule has 1 aliphatic heterocycles. The van der Waals surface area contributed by atoms with Gasteiger partial charge in [0.15, 0.2) is 0 Å². The smallest absolute Gasteiger partial charge is 0.274 e. The van der Waals surface area contributed by atoms with E-state index in [0.717, 1.165) is 55.5 Å². The predicted octanol–water partition coefficient (Wildman–Crippen LogP) is 5.35. The molecule has 4 nitrogen and oxygen atoms in total. The number of hydrogen-bond donors (Lipinski definition) is 0. The molecule has 0 radical (unpaired) electrons. The predicted molar refractivity (Wildman–Crippen MR) is 130 cm³/mol. The molecular weight excluding hydrogens is 413 g/mol. The van der Waals surface area contributed by atoms with Gasteiger partial charge in [-0.05, 0) is 55.1 Å². The van der Waals surface area contributed by atoms with Gasteiger partial charge in [0.1, 0.15) is 5.82 Å². The molecule has 1 saturated heterocycles. The van der Waals surface area contributed by atoms with Crippen LogP contribution in [-0.4, -0.2) is 27.8 Å². The Morgan fingerprint density at radius 1 is 0.818 bits per heavy atom. The van der Waals surface area contributed by atoms with Crippen molar-refractivity contribution in [1.82, 2.24) is 14.7 Å². The molecule has 0 N–H and O–H groups in total. The summed E-state index contributed by atoms with van der Waals surface area (Å²) in [5.41, 5.74) is 3.14. The van der Waals surface area contributed by atoms with Gasteiger partial charge in [0.2, 0.25) is 0 Å². The molecule has 168 valence electrons. The van der Waals surface area contributed by atoms with Crippen molar-refractivity contribution in [1.29, 1.82) is 0 Å². The van der Waals surface area contributed by atoms with Crippen LogP contribution >= 0.6 is 0 Å². The number of halogens is 1. The molecule has 0 bridgehead atoms. The van der Waals surface area contributed by atoms with Crippen LogP contribution < -0.4 is 5.56 Å². The lowest BCUT2D eigenvalue weighted by molar-refractivity contribution is 0.270. The Kier molecular flexibility index (Phi) is 6.31. The average molecular weight is 442 g/mol. The molecule has 0 amide bonds. The third-order valence-electron chi connectivity index (χ3n) is 6.57. The molecule has 1 aliphatic rings. The Balaban J connectivity index is 1.43. The number of hydrogen-bond acceptors (Lipinski definition) is 3. The number of likely N-dealkylation sites (tertiary alicyclic amines) is 1. The molecule has 0 saturated carbocycles. The van der Waals surface area contributed by atoms with E-state index in [-0.39, 0.29) is 17.4 Å². The first-order valence-electron chi connectivity index (χ1n) is 11.7. The van der Waals surface area contributed by atoms with Crippen LogP contribution in [0.5, 0.6) is 0 Å². The Labute approximate surface area is 193 Å². The Bertz CT molecular complexity index is 1280. The van der Waals surface area contributed by atoms with E-state index < -0.39 is 0 Å². The minimum Gasteiger partial charge on any atom is -0.299 e. The van der Waals surface area contributed by atoms with Gasteiger partial charge in [-0.1, -0.05) is 60.7 Å². The summed E-state index contributed by atoms with van der Waals surface area (Å²) in [5.74, 6) is -0.250. The van der Waals surface area contributed by atoms with Crippen LogP contribution in [0.1, 0.15) is 42.1 Å². The normalized spacial score (nSPS) is 17.2. The fraction of sp³-hybridized carbons (Fsp3) is 0.286. The van der Waals surface area contributed by atoms with E-state index in [1.165, 1.54) is 17.7 Å². The second-order valence-electron chi connectivity index (χ2n) is 8.89. The van der Waals surface area contributed by atoms with Crippen molar-refractivity contribution < 1.29 is 4.39 Å². The quantitative estimate of drug-likeness (QED) is 0.419. The summed E-state index contributed by atoms with van der Waals surface area (Å²) in [6.45, 7) is 2.90. The molecular formula is C28H28FN3O. The minimum absolute atomic E-state index is 0.0186. The highest BCUT2D eigenvalue weighted by Gasteiger charge is 2.22. The monoisotopic (exact) mass is 441 g/mol. The largest absolute Gasteiger partial charge is 0.299 e. The number of benzene rings is 3. The zero-order valence-electron chi connectivity index (χ0n) is 18.7. The highest BCUT2D eigenvalue weighted by Crippen LogP contribution is 2.24. The molecule has 0 spiro atoms.